The van der Waals surface area contributed by atoms with E-state index in [1.807, 2.05) is 29.7 Å². The third-order valence-corrected chi connectivity index (χ3v) is 5.96. The van der Waals surface area contributed by atoms with Crippen molar-refractivity contribution in [2.75, 3.05) is 36.5 Å². The van der Waals surface area contributed by atoms with E-state index in [1.54, 1.807) is 12.1 Å². The van der Waals surface area contributed by atoms with Crippen molar-refractivity contribution in [1.82, 2.24) is 10.2 Å². The van der Waals surface area contributed by atoms with E-state index >= 15 is 0 Å². The Bertz CT molecular complexity index is 944. The summed E-state index contributed by atoms with van der Waals surface area (Å²) in [5, 5.41) is 5.58. The van der Waals surface area contributed by atoms with Gasteiger partial charge in [-0.05, 0) is 61.4 Å². The van der Waals surface area contributed by atoms with E-state index in [2.05, 4.69) is 10.6 Å². The fraction of sp³-hybridized carbons (Fsp3) is 0.348. The van der Waals surface area contributed by atoms with Gasteiger partial charge in [0.15, 0.2) is 0 Å². The summed E-state index contributed by atoms with van der Waals surface area (Å²) in [6, 6.07) is 10.6. The molecule has 1 saturated heterocycles. The Morgan fingerprint density at radius 3 is 2.39 bits per heavy atom. The quantitative estimate of drug-likeness (QED) is 0.643. The number of hydrogen-bond donors (Lipinski definition) is 2. The van der Waals surface area contributed by atoms with Gasteiger partial charge in [-0.2, -0.15) is 11.8 Å². The predicted molar refractivity (Wildman–Crippen MR) is 121 cm³/mol. The molecule has 0 saturated carbocycles. The van der Waals surface area contributed by atoms with E-state index in [4.69, 9.17) is 0 Å². The summed E-state index contributed by atoms with van der Waals surface area (Å²) in [6.45, 7) is 3.73. The second-order valence-electron chi connectivity index (χ2n) is 7.35. The maximum absolute atomic E-state index is 12.9. The van der Waals surface area contributed by atoms with Crippen molar-refractivity contribution >= 4 is 35.2 Å². The number of thioether (sulfide) groups is 1. The lowest BCUT2D eigenvalue weighted by atomic mass is 10.1. The topological polar surface area (TPSA) is 78.5 Å². The smallest absolute Gasteiger partial charge is 0.253 e. The van der Waals surface area contributed by atoms with Crippen LogP contribution in [-0.4, -0.2) is 53.8 Å². The minimum atomic E-state index is -0.397. The SMILES string of the molecule is Cc1cc(C(=O)N2CCSCC2)ccc1NC(=O)CCCNC(=O)c1ccc(F)cc1. The molecular formula is C23H26FN3O3S. The van der Waals surface area contributed by atoms with Gasteiger partial charge in [0, 0.05) is 54.4 Å². The highest BCUT2D eigenvalue weighted by atomic mass is 32.2. The van der Waals surface area contributed by atoms with Crippen LogP contribution in [0, 0.1) is 12.7 Å². The van der Waals surface area contributed by atoms with E-state index < -0.39 is 5.82 Å². The number of hydrogen-bond acceptors (Lipinski definition) is 4. The van der Waals surface area contributed by atoms with Gasteiger partial charge >= 0.3 is 0 Å². The Labute approximate surface area is 185 Å². The molecule has 2 aromatic carbocycles. The molecule has 0 atom stereocenters. The zero-order chi connectivity index (χ0) is 22.2. The van der Waals surface area contributed by atoms with Crippen molar-refractivity contribution in [3.8, 4) is 0 Å². The van der Waals surface area contributed by atoms with E-state index in [1.165, 1.54) is 24.3 Å². The van der Waals surface area contributed by atoms with Crippen molar-refractivity contribution in [2.24, 2.45) is 0 Å². The second kappa shape index (κ2) is 10.9. The van der Waals surface area contributed by atoms with Gasteiger partial charge in [-0.25, -0.2) is 4.39 Å². The largest absolute Gasteiger partial charge is 0.352 e. The first-order valence-electron chi connectivity index (χ1n) is 10.3. The van der Waals surface area contributed by atoms with Gasteiger partial charge in [-0.1, -0.05) is 0 Å². The van der Waals surface area contributed by atoms with Crippen molar-refractivity contribution < 1.29 is 18.8 Å². The molecule has 0 radical (unpaired) electrons. The summed E-state index contributed by atoms with van der Waals surface area (Å²) in [7, 11) is 0. The summed E-state index contributed by atoms with van der Waals surface area (Å²) in [4.78, 5) is 38.7. The maximum atomic E-state index is 12.9. The molecule has 3 rings (SSSR count). The first-order chi connectivity index (χ1) is 14.9. The second-order valence-corrected chi connectivity index (χ2v) is 8.57. The van der Waals surface area contributed by atoms with Crippen molar-refractivity contribution in [1.29, 1.82) is 0 Å². The van der Waals surface area contributed by atoms with E-state index in [0.717, 1.165) is 30.2 Å². The molecule has 0 aliphatic carbocycles. The lowest BCUT2D eigenvalue weighted by Gasteiger charge is -2.26. The lowest BCUT2D eigenvalue weighted by Crippen LogP contribution is -2.37. The van der Waals surface area contributed by atoms with E-state index in [0.29, 0.717) is 29.8 Å². The third-order valence-electron chi connectivity index (χ3n) is 5.02. The molecule has 2 aromatic rings. The van der Waals surface area contributed by atoms with Crippen LogP contribution in [0.3, 0.4) is 0 Å². The van der Waals surface area contributed by atoms with Crippen LogP contribution in [0.4, 0.5) is 10.1 Å². The highest BCUT2D eigenvalue weighted by Gasteiger charge is 2.19. The Kier molecular flexibility index (Phi) is 8.06. The minimum absolute atomic E-state index is 0.0261. The van der Waals surface area contributed by atoms with E-state index in [-0.39, 0.29) is 24.1 Å². The first-order valence-corrected chi connectivity index (χ1v) is 11.4. The predicted octanol–water partition coefficient (Wildman–Crippen LogP) is 3.47. The Morgan fingerprint density at radius 1 is 1.03 bits per heavy atom. The molecule has 1 aliphatic rings. The Hall–Kier alpha value is -2.87. The van der Waals surface area contributed by atoms with Crippen molar-refractivity contribution in [2.45, 2.75) is 19.8 Å². The number of nitrogens with one attached hydrogen (secondary N) is 2. The standard InChI is InChI=1S/C23H26FN3O3S/c1-16-15-18(23(30)27-11-13-31-14-12-27)6-9-20(16)26-21(28)3-2-10-25-22(29)17-4-7-19(24)8-5-17/h4-9,15H,2-3,10-14H2,1H3,(H,25,29)(H,26,28). The summed E-state index contributed by atoms with van der Waals surface area (Å²) in [6.07, 6.45) is 0.719. The molecule has 0 bridgehead atoms. The molecule has 1 fully saturated rings. The van der Waals surface area contributed by atoms with Crippen LogP contribution >= 0.6 is 11.8 Å². The lowest BCUT2D eigenvalue weighted by molar-refractivity contribution is -0.116. The average Bonchev–Trinajstić information content (AvgIpc) is 2.78. The van der Waals surface area contributed by atoms with Gasteiger partial charge in [0.05, 0.1) is 0 Å². The zero-order valence-corrected chi connectivity index (χ0v) is 18.3. The summed E-state index contributed by atoms with van der Waals surface area (Å²) < 4.78 is 12.9. The van der Waals surface area contributed by atoms with Gasteiger partial charge in [-0.3, -0.25) is 14.4 Å². The Morgan fingerprint density at radius 2 is 1.71 bits per heavy atom. The molecule has 31 heavy (non-hydrogen) atoms. The molecule has 164 valence electrons. The number of amides is 3. The van der Waals surface area contributed by atoms with Crippen LogP contribution in [0.1, 0.15) is 39.1 Å². The monoisotopic (exact) mass is 443 g/mol. The summed E-state index contributed by atoms with van der Waals surface area (Å²) in [5.74, 6) is 1.09. The molecular weight excluding hydrogens is 417 g/mol. The molecule has 0 aromatic heterocycles. The normalized spacial score (nSPS) is 13.5. The number of benzene rings is 2. The number of aryl methyl sites for hydroxylation is 1. The highest BCUT2D eigenvalue weighted by molar-refractivity contribution is 7.99. The minimum Gasteiger partial charge on any atom is -0.352 e. The molecule has 1 heterocycles. The van der Waals surface area contributed by atoms with Crippen LogP contribution < -0.4 is 10.6 Å². The van der Waals surface area contributed by atoms with Gasteiger partial charge in [-0.15, -0.1) is 0 Å². The fourth-order valence-electron chi connectivity index (χ4n) is 3.25. The number of rotatable bonds is 7. The Balaban J connectivity index is 1.44. The number of nitrogens with zero attached hydrogens (tertiary/aromatic N) is 1. The molecule has 8 heteroatoms. The molecule has 0 unspecified atom stereocenters. The molecule has 1 aliphatic heterocycles. The average molecular weight is 444 g/mol. The number of anilines is 1. The first kappa shape index (κ1) is 22.8. The number of halogens is 1. The van der Waals surface area contributed by atoms with Crippen LogP contribution in [0.25, 0.3) is 0 Å². The molecule has 2 N–H and O–H groups in total. The fourth-order valence-corrected chi connectivity index (χ4v) is 4.16. The summed E-state index contributed by atoms with van der Waals surface area (Å²) >= 11 is 1.85. The zero-order valence-electron chi connectivity index (χ0n) is 17.4. The van der Waals surface area contributed by atoms with Gasteiger partial charge in [0.2, 0.25) is 5.91 Å². The molecule has 3 amide bonds. The van der Waals surface area contributed by atoms with Crippen LogP contribution in [0.15, 0.2) is 42.5 Å². The van der Waals surface area contributed by atoms with E-state index in [9.17, 15) is 18.8 Å². The third kappa shape index (κ3) is 6.55. The van der Waals surface area contributed by atoms with Crippen LogP contribution in [-0.2, 0) is 4.79 Å². The van der Waals surface area contributed by atoms with Gasteiger partial charge in [0.1, 0.15) is 5.82 Å². The number of carbonyl (C=O) groups is 3. The maximum Gasteiger partial charge on any atom is 0.253 e. The van der Waals surface area contributed by atoms with Crippen molar-refractivity contribution in [3.05, 3.63) is 65.0 Å². The van der Waals surface area contributed by atoms with Gasteiger partial charge < -0.3 is 15.5 Å². The molecule has 0 spiro atoms. The van der Waals surface area contributed by atoms with Crippen LogP contribution in [0.5, 0.6) is 0 Å². The van der Waals surface area contributed by atoms with Gasteiger partial charge in [0.25, 0.3) is 11.8 Å². The number of carbonyl (C=O) groups excluding carboxylic acids is 3. The summed E-state index contributed by atoms with van der Waals surface area (Å²) in [5.41, 5.74) is 2.51. The highest BCUT2D eigenvalue weighted by Crippen LogP contribution is 2.19. The molecule has 6 nitrogen and oxygen atoms in total. The van der Waals surface area contributed by atoms with Crippen molar-refractivity contribution in [3.63, 3.8) is 0 Å². The van der Waals surface area contributed by atoms with Crippen LogP contribution in [0.2, 0.25) is 0 Å².